The molecule has 2 unspecified atom stereocenters. The van der Waals surface area contributed by atoms with Crippen molar-refractivity contribution in [3.8, 4) is 0 Å². The summed E-state index contributed by atoms with van der Waals surface area (Å²) in [5.41, 5.74) is 6.74. The molecule has 1 heterocycles. The summed E-state index contributed by atoms with van der Waals surface area (Å²) >= 11 is 1.76. The van der Waals surface area contributed by atoms with Crippen LogP contribution in [0.4, 0.5) is 0 Å². The van der Waals surface area contributed by atoms with Crippen LogP contribution in [0.25, 0.3) is 0 Å². The van der Waals surface area contributed by atoms with Crippen molar-refractivity contribution in [3.63, 3.8) is 0 Å². The first-order valence-corrected chi connectivity index (χ1v) is 5.72. The summed E-state index contributed by atoms with van der Waals surface area (Å²) < 4.78 is 0. The highest BCUT2D eigenvalue weighted by Gasteiger charge is 2.11. The van der Waals surface area contributed by atoms with Crippen LogP contribution in [0.3, 0.4) is 0 Å². The Morgan fingerprint density at radius 3 is 2.69 bits per heavy atom. The SMILES string of the molecule is CCC(C)c1nc(C(C)CN)cs1. The van der Waals surface area contributed by atoms with Gasteiger partial charge in [-0.3, -0.25) is 0 Å². The van der Waals surface area contributed by atoms with Gasteiger partial charge in [0.1, 0.15) is 0 Å². The van der Waals surface area contributed by atoms with Gasteiger partial charge in [-0.2, -0.15) is 0 Å². The molecule has 2 N–H and O–H groups in total. The molecular weight excluding hydrogens is 180 g/mol. The van der Waals surface area contributed by atoms with Crippen molar-refractivity contribution in [2.45, 2.75) is 39.0 Å². The molecule has 13 heavy (non-hydrogen) atoms. The molecule has 0 saturated carbocycles. The Labute approximate surface area is 84.2 Å². The second-order valence-corrected chi connectivity index (χ2v) is 4.45. The largest absolute Gasteiger partial charge is 0.330 e. The average molecular weight is 198 g/mol. The molecule has 0 aliphatic heterocycles. The van der Waals surface area contributed by atoms with Crippen LogP contribution in [-0.2, 0) is 0 Å². The molecule has 1 aromatic heterocycles. The Bertz CT molecular complexity index is 233. The van der Waals surface area contributed by atoms with Crippen LogP contribution in [-0.4, -0.2) is 11.5 Å². The van der Waals surface area contributed by atoms with E-state index in [0.717, 1.165) is 12.1 Å². The predicted octanol–water partition coefficient (Wildman–Crippen LogP) is 2.72. The van der Waals surface area contributed by atoms with E-state index in [-0.39, 0.29) is 0 Å². The van der Waals surface area contributed by atoms with Crippen molar-refractivity contribution in [1.29, 1.82) is 0 Å². The Morgan fingerprint density at radius 2 is 2.15 bits per heavy atom. The van der Waals surface area contributed by atoms with E-state index in [1.54, 1.807) is 11.3 Å². The summed E-state index contributed by atoms with van der Waals surface area (Å²) in [4.78, 5) is 4.59. The van der Waals surface area contributed by atoms with Crippen LogP contribution in [0.2, 0.25) is 0 Å². The van der Waals surface area contributed by atoms with E-state index in [4.69, 9.17) is 5.73 Å². The lowest BCUT2D eigenvalue weighted by Gasteiger charge is -2.04. The van der Waals surface area contributed by atoms with Crippen molar-refractivity contribution in [2.75, 3.05) is 6.54 Å². The maximum atomic E-state index is 5.59. The molecule has 1 rings (SSSR count). The van der Waals surface area contributed by atoms with E-state index in [1.807, 2.05) is 0 Å². The minimum atomic E-state index is 0.397. The summed E-state index contributed by atoms with van der Waals surface area (Å²) in [6.07, 6.45) is 1.16. The lowest BCUT2D eigenvalue weighted by Crippen LogP contribution is -2.09. The normalized spacial score (nSPS) is 15.7. The third-order valence-corrected chi connectivity index (χ3v) is 3.53. The quantitative estimate of drug-likeness (QED) is 0.808. The summed E-state index contributed by atoms with van der Waals surface area (Å²) in [6.45, 7) is 7.22. The van der Waals surface area contributed by atoms with E-state index in [2.05, 4.69) is 31.1 Å². The van der Waals surface area contributed by atoms with Crippen molar-refractivity contribution in [2.24, 2.45) is 5.73 Å². The highest BCUT2D eigenvalue weighted by atomic mass is 32.1. The van der Waals surface area contributed by atoms with Gasteiger partial charge in [-0.15, -0.1) is 11.3 Å². The van der Waals surface area contributed by atoms with Crippen LogP contribution < -0.4 is 5.73 Å². The fourth-order valence-corrected chi connectivity index (χ4v) is 2.13. The van der Waals surface area contributed by atoms with Crippen molar-refractivity contribution >= 4 is 11.3 Å². The monoisotopic (exact) mass is 198 g/mol. The maximum absolute atomic E-state index is 5.59. The van der Waals surface area contributed by atoms with Gasteiger partial charge >= 0.3 is 0 Å². The number of thiazole rings is 1. The lowest BCUT2D eigenvalue weighted by atomic mass is 10.1. The van der Waals surface area contributed by atoms with Gasteiger partial charge in [0, 0.05) is 23.8 Å². The van der Waals surface area contributed by atoms with Crippen molar-refractivity contribution in [3.05, 3.63) is 16.1 Å². The number of aromatic nitrogens is 1. The fourth-order valence-electron chi connectivity index (χ4n) is 1.05. The first kappa shape index (κ1) is 10.7. The summed E-state index contributed by atoms with van der Waals surface area (Å²) in [5, 5.41) is 3.39. The predicted molar refractivity (Wildman–Crippen MR) is 58.3 cm³/mol. The molecule has 0 aromatic carbocycles. The second-order valence-electron chi connectivity index (χ2n) is 3.56. The Balaban J connectivity index is 2.74. The van der Waals surface area contributed by atoms with Gasteiger partial charge < -0.3 is 5.73 Å². The van der Waals surface area contributed by atoms with Gasteiger partial charge in [-0.1, -0.05) is 20.8 Å². The fraction of sp³-hybridized carbons (Fsp3) is 0.700. The minimum absolute atomic E-state index is 0.397. The van der Waals surface area contributed by atoms with E-state index >= 15 is 0 Å². The van der Waals surface area contributed by atoms with Crippen LogP contribution in [0, 0.1) is 0 Å². The molecular formula is C10H18N2S. The van der Waals surface area contributed by atoms with E-state index in [0.29, 0.717) is 18.4 Å². The molecule has 0 aliphatic rings. The molecule has 0 fully saturated rings. The highest BCUT2D eigenvalue weighted by molar-refractivity contribution is 7.09. The van der Waals surface area contributed by atoms with Gasteiger partial charge in [-0.25, -0.2) is 4.98 Å². The molecule has 0 saturated heterocycles. The van der Waals surface area contributed by atoms with Gasteiger partial charge in [-0.05, 0) is 6.42 Å². The van der Waals surface area contributed by atoms with Crippen LogP contribution >= 0.6 is 11.3 Å². The molecule has 3 heteroatoms. The number of nitrogens with zero attached hydrogens (tertiary/aromatic N) is 1. The molecule has 74 valence electrons. The first-order chi connectivity index (χ1) is 6.19. The van der Waals surface area contributed by atoms with E-state index in [1.165, 1.54) is 5.01 Å². The molecule has 0 radical (unpaired) electrons. The molecule has 1 aromatic rings. The number of nitrogens with two attached hydrogens (primary N) is 1. The maximum Gasteiger partial charge on any atom is 0.0956 e. The van der Waals surface area contributed by atoms with E-state index < -0.39 is 0 Å². The Morgan fingerprint density at radius 1 is 1.46 bits per heavy atom. The average Bonchev–Trinajstić information content (AvgIpc) is 2.64. The Hall–Kier alpha value is -0.410. The second kappa shape index (κ2) is 4.72. The van der Waals surface area contributed by atoms with Crippen LogP contribution in [0.1, 0.15) is 49.7 Å². The lowest BCUT2D eigenvalue weighted by molar-refractivity contribution is 0.702. The minimum Gasteiger partial charge on any atom is -0.330 e. The van der Waals surface area contributed by atoms with Crippen LogP contribution in [0.15, 0.2) is 5.38 Å². The summed E-state index contributed by atoms with van der Waals surface area (Å²) in [7, 11) is 0. The van der Waals surface area contributed by atoms with Crippen molar-refractivity contribution < 1.29 is 0 Å². The molecule has 2 atom stereocenters. The zero-order chi connectivity index (χ0) is 9.84. The topological polar surface area (TPSA) is 38.9 Å². The molecule has 0 spiro atoms. The number of hydrogen-bond donors (Lipinski definition) is 1. The van der Waals surface area contributed by atoms with Gasteiger partial charge in [0.15, 0.2) is 0 Å². The summed E-state index contributed by atoms with van der Waals surface area (Å²) in [5.74, 6) is 0.984. The molecule has 0 bridgehead atoms. The van der Waals surface area contributed by atoms with Gasteiger partial charge in [0.2, 0.25) is 0 Å². The smallest absolute Gasteiger partial charge is 0.0956 e. The number of rotatable bonds is 4. The van der Waals surface area contributed by atoms with Crippen LogP contribution in [0.5, 0.6) is 0 Å². The van der Waals surface area contributed by atoms with Crippen molar-refractivity contribution in [1.82, 2.24) is 4.98 Å². The first-order valence-electron chi connectivity index (χ1n) is 4.84. The standard InChI is InChI=1S/C10H18N2S/c1-4-7(2)10-12-9(6-13-10)8(3)5-11/h6-8H,4-5,11H2,1-3H3. The number of hydrogen-bond acceptors (Lipinski definition) is 3. The highest BCUT2D eigenvalue weighted by Crippen LogP contribution is 2.25. The molecule has 0 amide bonds. The van der Waals surface area contributed by atoms with Gasteiger partial charge in [0.25, 0.3) is 0 Å². The molecule has 0 aliphatic carbocycles. The zero-order valence-electron chi connectivity index (χ0n) is 8.58. The zero-order valence-corrected chi connectivity index (χ0v) is 9.40. The van der Waals surface area contributed by atoms with Gasteiger partial charge in [0.05, 0.1) is 10.7 Å². The third-order valence-electron chi connectivity index (χ3n) is 2.43. The van der Waals surface area contributed by atoms with E-state index in [9.17, 15) is 0 Å². The Kier molecular flexibility index (Phi) is 3.88. The third kappa shape index (κ3) is 2.51. The molecule has 2 nitrogen and oxygen atoms in total. The summed E-state index contributed by atoms with van der Waals surface area (Å²) in [6, 6.07) is 0.